The van der Waals surface area contributed by atoms with E-state index >= 15 is 0 Å². The van der Waals surface area contributed by atoms with Gasteiger partial charge in [-0.25, -0.2) is 0 Å². The number of amides is 2. The second-order valence-corrected chi connectivity index (χ2v) is 6.56. The van der Waals surface area contributed by atoms with Crippen molar-refractivity contribution in [2.45, 2.75) is 58.0 Å². The Labute approximate surface area is 120 Å². The van der Waals surface area contributed by atoms with Crippen LogP contribution in [0.3, 0.4) is 0 Å². The van der Waals surface area contributed by atoms with Gasteiger partial charge in [-0.15, -0.1) is 0 Å². The molecule has 19 heavy (non-hydrogen) atoms. The maximum atomic E-state index is 12.7. The summed E-state index contributed by atoms with van der Waals surface area (Å²) in [6, 6.07) is 0. The van der Waals surface area contributed by atoms with E-state index < -0.39 is 11.1 Å². The minimum atomic E-state index is -0.745. The molecule has 1 N–H and O–H groups in total. The Morgan fingerprint density at radius 2 is 1.84 bits per heavy atom. The maximum absolute atomic E-state index is 12.7. The van der Waals surface area contributed by atoms with Crippen LogP contribution in [0.4, 0.5) is 0 Å². The Bertz CT molecular complexity index is 361. The molecule has 0 bridgehead atoms. The minimum absolute atomic E-state index is 0.0249. The summed E-state index contributed by atoms with van der Waals surface area (Å²) in [5.74, 6) is 1.04. The van der Waals surface area contributed by atoms with Crippen LogP contribution >= 0.6 is 11.8 Å². The Morgan fingerprint density at radius 1 is 1.21 bits per heavy atom. The molecular formula is C14H26N2O2S. The fraction of sp³-hybridized carbons (Fsp3) is 0.857. The zero-order valence-corrected chi connectivity index (χ0v) is 13.5. The van der Waals surface area contributed by atoms with Crippen molar-refractivity contribution in [1.82, 2.24) is 10.2 Å². The Kier molecular flexibility index (Phi) is 5.30. The largest absolute Gasteiger partial charge is 0.340 e. The van der Waals surface area contributed by atoms with Gasteiger partial charge in [0.05, 0.1) is 0 Å². The third-order valence-corrected chi connectivity index (χ3v) is 5.01. The van der Waals surface area contributed by atoms with E-state index in [-0.39, 0.29) is 11.8 Å². The predicted molar refractivity (Wildman–Crippen MR) is 80.2 cm³/mol. The highest BCUT2D eigenvalue weighted by atomic mass is 32.2. The van der Waals surface area contributed by atoms with Crippen molar-refractivity contribution in [3.05, 3.63) is 0 Å². The molecule has 1 fully saturated rings. The van der Waals surface area contributed by atoms with Gasteiger partial charge in [0.15, 0.2) is 0 Å². The molecule has 0 radical (unpaired) electrons. The first kappa shape index (κ1) is 16.3. The van der Waals surface area contributed by atoms with Gasteiger partial charge < -0.3 is 10.2 Å². The minimum Gasteiger partial charge on any atom is -0.340 e. The van der Waals surface area contributed by atoms with Crippen molar-refractivity contribution < 1.29 is 9.59 Å². The number of piperazine rings is 1. The van der Waals surface area contributed by atoms with Crippen molar-refractivity contribution in [3.63, 3.8) is 0 Å². The Balaban J connectivity index is 3.01. The van der Waals surface area contributed by atoms with Gasteiger partial charge in [0, 0.05) is 6.54 Å². The predicted octanol–water partition coefficient (Wildman–Crippen LogP) is 2.04. The zero-order chi connectivity index (χ0) is 14.7. The summed E-state index contributed by atoms with van der Waals surface area (Å²) >= 11 is 1.77. The molecule has 1 rings (SSSR count). The average Bonchev–Trinajstić information content (AvgIpc) is 2.40. The lowest BCUT2D eigenvalue weighted by molar-refractivity contribution is -0.161. The van der Waals surface area contributed by atoms with Crippen molar-refractivity contribution in [3.8, 4) is 0 Å². The highest BCUT2D eigenvalue weighted by Gasteiger charge is 2.52. The van der Waals surface area contributed by atoms with Gasteiger partial charge in [0.25, 0.3) is 0 Å². The third kappa shape index (κ3) is 2.91. The van der Waals surface area contributed by atoms with E-state index in [1.165, 1.54) is 0 Å². The van der Waals surface area contributed by atoms with Crippen LogP contribution in [-0.4, -0.2) is 46.3 Å². The highest BCUT2D eigenvalue weighted by Crippen LogP contribution is 2.30. The third-order valence-electron chi connectivity index (χ3n) is 4.32. The number of hydrogen-bond donors (Lipinski definition) is 1. The van der Waals surface area contributed by atoms with Crippen LogP contribution in [0, 0.1) is 0 Å². The van der Waals surface area contributed by atoms with Crippen LogP contribution in [-0.2, 0) is 9.59 Å². The average molecular weight is 286 g/mol. The van der Waals surface area contributed by atoms with E-state index in [0.29, 0.717) is 19.4 Å². The number of hydrogen-bond acceptors (Lipinski definition) is 3. The number of carbonyl (C=O) groups is 2. The van der Waals surface area contributed by atoms with E-state index in [9.17, 15) is 9.59 Å². The molecule has 0 aliphatic carbocycles. The number of rotatable bonds is 6. The van der Waals surface area contributed by atoms with Gasteiger partial charge in [0.2, 0.25) is 11.8 Å². The van der Waals surface area contributed by atoms with E-state index in [0.717, 1.165) is 12.2 Å². The van der Waals surface area contributed by atoms with Crippen LogP contribution in [0.25, 0.3) is 0 Å². The van der Waals surface area contributed by atoms with Gasteiger partial charge >= 0.3 is 0 Å². The Morgan fingerprint density at radius 3 is 2.32 bits per heavy atom. The molecular weight excluding hydrogens is 260 g/mol. The SMILES string of the molecule is CCC1(C)NC(=O)C(C)(CC)N(CCCSC)C1=O. The second-order valence-electron chi connectivity index (χ2n) is 5.57. The van der Waals surface area contributed by atoms with Crippen LogP contribution in [0.2, 0.25) is 0 Å². The first-order valence-electron chi connectivity index (χ1n) is 6.99. The summed E-state index contributed by atoms with van der Waals surface area (Å²) in [5, 5.41) is 2.92. The highest BCUT2D eigenvalue weighted by molar-refractivity contribution is 7.98. The lowest BCUT2D eigenvalue weighted by Crippen LogP contribution is -2.73. The molecule has 1 aliphatic heterocycles. The molecule has 0 aromatic carbocycles. The van der Waals surface area contributed by atoms with Gasteiger partial charge in [0.1, 0.15) is 11.1 Å². The van der Waals surface area contributed by atoms with Gasteiger partial charge in [-0.1, -0.05) is 13.8 Å². The van der Waals surface area contributed by atoms with Crippen molar-refractivity contribution in [2.75, 3.05) is 18.6 Å². The molecule has 1 saturated heterocycles. The molecule has 4 nitrogen and oxygen atoms in total. The van der Waals surface area contributed by atoms with E-state index in [1.807, 2.05) is 27.7 Å². The quantitative estimate of drug-likeness (QED) is 0.760. The van der Waals surface area contributed by atoms with E-state index in [4.69, 9.17) is 0 Å². The summed E-state index contributed by atoms with van der Waals surface area (Å²) in [6.07, 6.45) is 4.25. The molecule has 110 valence electrons. The van der Waals surface area contributed by atoms with Gasteiger partial charge in [-0.05, 0) is 45.1 Å². The summed E-state index contributed by atoms with van der Waals surface area (Å²) in [5.41, 5.74) is -1.45. The fourth-order valence-electron chi connectivity index (χ4n) is 2.39. The number of nitrogens with zero attached hydrogens (tertiary/aromatic N) is 1. The molecule has 2 amide bonds. The molecule has 0 aromatic heterocycles. The monoisotopic (exact) mass is 286 g/mol. The summed E-state index contributed by atoms with van der Waals surface area (Å²) in [6.45, 7) is 8.25. The smallest absolute Gasteiger partial charge is 0.248 e. The van der Waals surface area contributed by atoms with Gasteiger partial charge in [-0.2, -0.15) is 11.8 Å². The standard InChI is InChI=1S/C14H26N2O2S/c1-6-13(3)12(18)16(9-8-10-19-5)14(4,7-2)11(17)15-13/h6-10H2,1-5H3,(H,15,17). The molecule has 2 unspecified atom stereocenters. The Hall–Kier alpha value is -0.710. The summed E-state index contributed by atoms with van der Waals surface area (Å²) in [7, 11) is 0. The molecule has 1 aliphatic rings. The summed E-state index contributed by atoms with van der Waals surface area (Å²) < 4.78 is 0. The number of carbonyl (C=O) groups excluding carboxylic acids is 2. The fourth-order valence-corrected chi connectivity index (χ4v) is 2.81. The van der Waals surface area contributed by atoms with Crippen molar-refractivity contribution in [1.29, 1.82) is 0 Å². The lowest BCUT2D eigenvalue weighted by Gasteiger charge is -2.50. The zero-order valence-electron chi connectivity index (χ0n) is 12.7. The molecule has 1 heterocycles. The van der Waals surface area contributed by atoms with E-state index in [2.05, 4.69) is 11.6 Å². The normalized spacial score (nSPS) is 31.5. The number of nitrogens with one attached hydrogen (secondary N) is 1. The molecule has 2 atom stereocenters. The van der Waals surface area contributed by atoms with E-state index in [1.54, 1.807) is 16.7 Å². The topological polar surface area (TPSA) is 49.4 Å². The first-order chi connectivity index (χ1) is 8.85. The van der Waals surface area contributed by atoms with Crippen molar-refractivity contribution in [2.24, 2.45) is 0 Å². The molecule has 0 spiro atoms. The summed E-state index contributed by atoms with van der Waals surface area (Å²) in [4.78, 5) is 26.9. The first-order valence-corrected chi connectivity index (χ1v) is 8.38. The maximum Gasteiger partial charge on any atom is 0.248 e. The van der Waals surface area contributed by atoms with Crippen LogP contribution in [0.5, 0.6) is 0 Å². The molecule has 5 heteroatoms. The molecule has 0 aromatic rings. The number of thioether (sulfide) groups is 1. The van der Waals surface area contributed by atoms with Crippen LogP contribution in [0.15, 0.2) is 0 Å². The van der Waals surface area contributed by atoms with Crippen LogP contribution < -0.4 is 5.32 Å². The second kappa shape index (κ2) is 6.16. The lowest BCUT2D eigenvalue weighted by atomic mass is 9.84. The molecule has 0 saturated carbocycles. The van der Waals surface area contributed by atoms with Crippen molar-refractivity contribution >= 4 is 23.6 Å². The van der Waals surface area contributed by atoms with Crippen LogP contribution in [0.1, 0.15) is 47.0 Å². The van der Waals surface area contributed by atoms with Gasteiger partial charge in [-0.3, -0.25) is 9.59 Å².